The van der Waals surface area contributed by atoms with E-state index in [0.29, 0.717) is 5.92 Å². The zero-order valence-corrected chi connectivity index (χ0v) is 7.86. The molecule has 2 rings (SSSR count). The molecule has 0 radical (unpaired) electrons. The molecule has 1 saturated heterocycles. The van der Waals surface area contributed by atoms with E-state index in [9.17, 15) is 9.59 Å². The van der Waals surface area contributed by atoms with Gasteiger partial charge in [-0.05, 0) is 18.8 Å². The molecular formula is C9H14N2O3. The van der Waals surface area contributed by atoms with Gasteiger partial charge in [-0.2, -0.15) is 0 Å². The number of rotatable bonds is 2. The summed E-state index contributed by atoms with van der Waals surface area (Å²) in [6.07, 6.45) is 3.45. The standard InChI is InChI=1S/C9H14N2O3/c10-8(12)6-7(14-9(13)11-6)5-3-1-2-4-5/h5-7H,1-4H2,(H2,10,12)(H,11,13). The third kappa shape index (κ3) is 1.54. The van der Waals surface area contributed by atoms with Crippen molar-refractivity contribution in [2.45, 2.75) is 37.8 Å². The summed E-state index contributed by atoms with van der Waals surface area (Å²) >= 11 is 0. The van der Waals surface area contributed by atoms with E-state index in [1.54, 1.807) is 0 Å². The molecule has 14 heavy (non-hydrogen) atoms. The molecule has 1 heterocycles. The first-order valence-corrected chi connectivity index (χ1v) is 4.95. The molecule has 3 N–H and O–H groups in total. The summed E-state index contributed by atoms with van der Waals surface area (Å²) in [6.45, 7) is 0. The zero-order chi connectivity index (χ0) is 10.1. The number of hydrogen-bond acceptors (Lipinski definition) is 3. The molecule has 2 amide bonds. The van der Waals surface area contributed by atoms with E-state index in [0.717, 1.165) is 25.7 Å². The fraction of sp³-hybridized carbons (Fsp3) is 0.778. The van der Waals surface area contributed by atoms with Gasteiger partial charge in [0.25, 0.3) is 0 Å². The van der Waals surface area contributed by atoms with Crippen molar-refractivity contribution in [1.82, 2.24) is 5.32 Å². The van der Waals surface area contributed by atoms with Gasteiger partial charge in [0.15, 0.2) is 0 Å². The highest BCUT2D eigenvalue weighted by molar-refractivity contribution is 5.87. The summed E-state index contributed by atoms with van der Waals surface area (Å²) in [7, 11) is 0. The van der Waals surface area contributed by atoms with E-state index in [1.807, 2.05) is 0 Å². The van der Waals surface area contributed by atoms with Crippen LogP contribution in [0, 0.1) is 5.92 Å². The van der Waals surface area contributed by atoms with Gasteiger partial charge in [0.2, 0.25) is 5.91 Å². The van der Waals surface area contributed by atoms with E-state index in [-0.39, 0.29) is 6.10 Å². The van der Waals surface area contributed by atoms with Crippen molar-refractivity contribution in [3.63, 3.8) is 0 Å². The third-order valence-corrected chi connectivity index (χ3v) is 3.02. The number of nitrogens with one attached hydrogen (secondary N) is 1. The lowest BCUT2D eigenvalue weighted by atomic mass is 9.95. The second-order valence-corrected chi connectivity index (χ2v) is 3.94. The molecule has 0 spiro atoms. The molecule has 1 aliphatic heterocycles. The number of ether oxygens (including phenoxy) is 1. The number of carbonyl (C=O) groups excluding carboxylic acids is 2. The number of cyclic esters (lactones) is 1. The molecule has 5 nitrogen and oxygen atoms in total. The lowest BCUT2D eigenvalue weighted by molar-refractivity contribution is -0.121. The maximum Gasteiger partial charge on any atom is 0.408 e. The molecule has 1 aliphatic carbocycles. The molecule has 5 heteroatoms. The van der Waals surface area contributed by atoms with Crippen LogP contribution in [-0.2, 0) is 9.53 Å². The van der Waals surface area contributed by atoms with Crippen molar-refractivity contribution in [2.75, 3.05) is 0 Å². The van der Waals surface area contributed by atoms with Gasteiger partial charge in [-0.3, -0.25) is 4.79 Å². The van der Waals surface area contributed by atoms with Crippen molar-refractivity contribution >= 4 is 12.0 Å². The van der Waals surface area contributed by atoms with Crippen LogP contribution in [0.4, 0.5) is 4.79 Å². The first-order chi connectivity index (χ1) is 6.68. The second kappa shape index (κ2) is 3.48. The van der Waals surface area contributed by atoms with Gasteiger partial charge in [0.05, 0.1) is 0 Å². The van der Waals surface area contributed by atoms with E-state index >= 15 is 0 Å². The number of amides is 2. The van der Waals surface area contributed by atoms with Gasteiger partial charge in [-0.1, -0.05) is 12.8 Å². The summed E-state index contributed by atoms with van der Waals surface area (Å²) in [6, 6.07) is -0.634. The maximum absolute atomic E-state index is 11.0. The van der Waals surface area contributed by atoms with Gasteiger partial charge in [-0.15, -0.1) is 0 Å². The van der Waals surface area contributed by atoms with Gasteiger partial charge in [0, 0.05) is 0 Å². The van der Waals surface area contributed by atoms with E-state index in [4.69, 9.17) is 10.5 Å². The minimum absolute atomic E-state index is 0.298. The Morgan fingerprint density at radius 1 is 1.43 bits per heavy atom. The number of carbonyl (C=O) groups is 2. The molecule has 0 aromatic rings. The fourth-order valence-corrected chi connectivity index (χ4v) is 2.32. The minimum atomic E-state index is -0.634. The molecule has 0 aromatic heterocycles. The van der Waals surface area contributed by atoms with Crippen molar-refractivity contribution in [3.05, 3.63) is 0 Å². The fourth-order valence-electron chi connectivity index (χ4n) is 2.32. The zero-order valence-electron chi connectivity index (χ0n) is 7.86. The molecule has 2 atom stereocenters. The highest BCUT2D eigenvalue weighted by Crippen LogP contribution is 2.32. The van der Waals surface area contributed by atoms with E-state index in [1.165, 1.54) is 0 Å². The summed E-state index contributed by atoms with van der Waals surface area (Å²) in [5.74, 6) is -0.209. The quantitative estimate of drug-likeness (QED) is 0.662. The summed E-state index contributed by atoms with van der Waals surface area (Å²) in [5.41, 5.74) is 5.18. The Morgan fingerprint density at radius 2 is 2.07 bits per heavy atom. The first kappa shape index (κ1) is 9.30. The van der Waals surface area contributed by atoms with Crippen LogP contribution in [0.15, 0.2) is 0 Å². The van der Waals surface area contributed by atoms with Crippen molar-refractivity contribution in [3.8, 4) is 0 Å². The number of primary amides is 1. The Morgan fingerprint density at radius 3 is 2.64 bits per heavy atom. The van der Waals surface area contributed by atoms with Crippen LogP contribution in [0.1, 0.15) is 25.7 Å². The summed E-state index contributed by atoms with van der Waals surface area (Å²) in [4.78, 5) is 22.0. The number of nitrogens with two attached hydrogens (primary N) is 1. The number of hydrogen-bond donors (Lipinski definition) is 2. The predicted octanol–water partition coefficient (Wildman–Crippen LogP) is 0.139. The van der Waals surface area contributed by atoms with Crippen molar-refractivity contribution < 1.29 is 14.3 Å². The van der Waals surface area contributed by atoms with Gasteiger partial charge >= 0.3 is 6.09 Å². The van der Waals surface area contributed by atoms with Gasteiger partial charge in [0.1, 0.15) is 12.1 Å². The van der Waals surface area contributed by atoms with Crippen molar-refractivity contribution in [2.24, 2.45) is 11.7 Å². The summed E-state index contributed by atoms with van der Waals surface area (Å²) in [5, 5.41) is 2.44. The molecule has 2 aliphatic rings. The Kier molecular flexibility index (Phi) is 2.31. The Bertz CT molecular complexity index is 261. The van der Waals surface area contributed by atoms with E-state index < -0.39 is 18.0 Å². The van der Waals surface area contributed by atoms with Crippen LogP contribution in [0.3, 0.4) is 0 Å². The smallest absolute Gasteiger partial charge is 0.408 e. The van der Waals surface area contributed by atoms with Crippen LogP contribution < -0.4 is 11.1 Å². The minimum Gasteiger partial charge on any atom is -0.443 e. The largest absolute Gasteiger partial charge is 0.443 e. The lowest BCUT2D eigenvalue weighted by Crippen LogP contribution is -2.45. The highest BCUT2D eigenvalue weighted by atomic mass is 16.6. The topological polar surface area (TPSA) is 81.4 Å². The Labute approximate surface area is 82.0 Å². The molecule has 0 aromatic carbocycles. The van der Waals surface area contributed by atoms with Crippen LogP contribution in [0.5, 0.6) is 0 Å². The number of alkyl carbamates (subject to hydrolysis) is 1. The van der Waals surface area contributed by atoms with Crippen molar-refractivity contribution in [1.29, 1.82) is 0 Å². The lowest BCUT2D eigenvalue weighted by Gasteiger charge is -2.19. The molecule has 1 saturated carbocycles. The van der Waals surface area contributed by atoms with Crippen LogP contribution >= 0.6 is 0 Å². The van der Waals surface area contributed by atoms with Gasteiger partial charge in [-0.25, -0.2) is 4.79 Å². The average Bonchev–Trinajstić information content (AvgIpc) is 2.70. The van der Waals surface area contributed by atoms with Crippen LogP contribution in [-0.4, -0.2) is 24.1 Å². The predicted molar refractivity (Wildman–Crippen MR) is 48.3 cm³/mol. The van der Waals surface area contributed by atoms with Crippen LogP contribution in [0.25, 0.3) is 0 Å². The molecule has 0 bridgehead atoms. The Balaban J connectivity index is 2.08. The highest BCUT2D eigenvalue weighted by Gasteiger charge is 2.43. The normalized spacial score (nSPS) is 32.7. The Hall–Kier alpha value is -1.26. The third-order valence-electron chi connectivity index (χ3n) is 3.02. The summed E-state index contributed by atoms with van der Waals surface area (Å²) < 4.78 is 5.07. The molecule has 2 fully saturated rings. The first-order valence-electron chi connectivity index (χ1n) is 4.95. The average molecular weight is 198 g/mol. The van der Waals surface area contributed by atoms with E-state index in [2.05, 4.69) is 5.32 Å². The maximum atomic E-state index is 11.0. The molecular weight excluding hydrogens is 184 g/mol. The van der Waals surface area contributed by atoms with Gasteiger partial charge < -0.3 is 15.8 Å². The second-order valence-electron chi connectivity index (χ2n) is 3.94. The molecule has 2 unspecified atom stereocenters. The monoisotopic (exact) mass is 198 g/mol. The molecule has 78 valence electrons. The SMILES string of the molecule is NC(=O)C1NC(=O)OC1C1CCCC1. The van der Waals surface area contributed by atoms with Crippen LogP contribution in [0.2, 0.25) is 0 Å².